The average molecular weight is 293 g/mol. The lowest BCUT2D eigenvalue weighted by Gasteiger charge is -2.21. The second-order valence-corrected chi connectivity index (χ2v) is 5.20. The van der Waals surface area contributed by atoms with Crippen molar-refractivity contribution in [2.45, 2.75) is 26.3 Å². The first-order valence-corrected chi connectivity index (χ1v) is 7.10. The van der Waals surface area contributed by atoms with E-state index < -0.39 is 0 Å². The van der Waals surface area contributed by atoms with E-state index in [2.05, 4.69) is 17.2 Å². The zero-order valence-corrected chi connectivity index (χ0v) is 12.4. The number of halogens is 2. The van der Waals surface area contributed by atoms with Crippen molar-refractivity contribution in [3.05, 3.63) is 64.2 Å². The number of nitrogens with zero attached hydrogens (tertiary/aromatic N) is 1. The SMILES string of the molecule is CCCNC(c1ccc(C)c(F)c1)c1ccncc1Cl. The van der Waals surface area contributed by atoms with Gasteiger partial charge >= 0.3 is 0 Å². The Morgan fingerprint density at radius 3 is 2.80 bits per heavy atom. The fourth-order valence-corrected chi connectivity index (χ4v) is 2.33. The van der Waals surface area contributed by atoms with Gasteiger partial charge in [-0.3, -0.25) is 4.98 Å². The van der Waals surface area contributed by atoms with Gasteiger partial charge in [0.05, 0.1) is 11.1 Å². The van der Waals surface area contributed by atoms with Crippen LogP contribution < -0.4 is 5.32 Å². The standard InChI is InChI=1S/C16H18ClFN2/c1-3-7-20-16(13-6-8-19-10-14(13)17)12-5-4-11(2)15(18)9-12/h4-6,8-10,16,20H,3,7H2,1-2H3. The first-order valence-electron chi connectivity index (χ1n) is 6.72. The average Bonchev–Trinajstić information content (AvgIpc) is 2.44. The molecular weight excluding hydrogens is 275 g/mol. The smallest absolute Gasteiger partial charge is 0.126 e. The molecule has 0 saturated heterocycles. The van der Waals surface area contributed by atoms with Gasteiger partial charge in [0.1, 0.15) is 5.82 Å². The molecule has 0 bridgehead atoms. The number of hydrogen-bond acceptors (Lipinski definition) is 2. The van der Waals surface area contributed by atoms with Crippen LogP contribution in [0.1, 0.15) is 36.1 Å². The molecule has 1 atom stereocenters. The third-order valence-corrected chi connectivity index (χ3v) is 3.56. The van der Waals surface area contributed by atoms with E-state index in [0.29, 0.717) is 10.6 Å². The molecule has 2 rings (SSSR count). The van der Waals surface area contributed by atoms with E-state index in [4.69, 9.17) is 11.6 Å². The summed E-state index contributed by atoms with van der Waals surface area (Å²) in [6.07, 6.45) is 4.31. The van der Waals surface area contributed by atoms with Crippen LogP contribution in [0.5, 0.6) is 0 Å². The van der Waals surface area contributed by atoms with Crippen molar-refractivity contribution in [3.63, 3.8) is 0 Å². The Morgan fingerprint density at radius 1 is 1.35 bits per heavy atom. The molecule has 1 unspecified atom stereocenters. The van der Waals surface area contributed by atoms with Crippen molar-refractivity contribution < 1.29 is 4.39 Å². The summed E-state index contributed by atoms with van der Waals surface area (Å²) in [5.41, 5.74) is 2.43. The molecule has 2 nitrogen and oxygen atoms in total. The molecular formula is C16H18ClFN2. The molecule has 0 spiro atoms. The molecule has 0 fully saturated rings. The van der Waals surface area contributed by atoms with E-state index in [9.17, 15) is 4.39 Å². The highest BCUT2D eigenvalue weighted by Gasteiger charge is 2.17. The quantitative estimate of drug-likeness (QED) is 0.890. The summed E-state index contributed by atoms with van der Waals surface area (Å²) in [6.45, 7) is 4.68. The number of aryl methyl sites for hydroxylation is 1. The third-order valence-electron chi connectivity index (χ3n) is 3.24. The Morgan fingerprint density at radius 2 is 2.15 bits per heavy atom. The van der Waals surface area contributed by atoms with Crippen molar-refractivity contribution in [3.8, 4) is 0 Å². The van der Waals surface area contributed by atoms with Crippen molar-refractivity contribution in [1.29, 1.82) is 0 Å². The lowest BCUT2D eigenvalue weighted by atomic mass is 9.98. The van der Waals surface area contributed by atoms with Gasteiger partial charge in [0, 0.05) is 12.4 Å². The molecule has 0 aliphatic carbocycles. The molecule has 4 heteroatoms. The van der Waals surface area contributed by atoms with Crippen LogP contribution in [0.4, 0.5) is 4.39 Å². The molecule has 1 aromatic heterocycles. The molecule has 1 aromatic carbocycles. The van der Waals surface area contributed by atoms with E-state index in [0.717, 1.165) is 24.1 Å². The molecule has 0 saturated carbocycles. The van der Waals surface area contributed by atoms with Crippen LogP contribution in [0.25, 0.3) is 0 Å². The van der Waals surface area contributed by atoms with E-state index in [-0.39, 0.29) is 11.9 Å². The van der Waals surface area contributed by atoms with Crippen molar-refractivity contribution in [2.24, 2.45) is 0 Å². The van der Waals surface area contributed by atoms with E-state index in [1.807, 2.05) is 12.1 Å². The summed E-state index contributed by atoms with van der Waals surface area (Å²) in [4.78, 5) is 4.00. The summed E-state index contributed by atoms with van der Waals surface area (Å²) in [5, 5.41) is 4.00. The molecule has 2 aromatic rings. The summed E-state index contributed by atoms with van der Waals surface area (Å²) in [5.74, 6) is -0.198. The van der Waals surface area contributed by atoms with Crippen LogP contribution in [-0.4, -0.2) is 11.5 Å². The molecule has 1 N–H and O–H groups in total. The normalized spacial score (nSPS) is 12.4. The Balaban J connectivity index is 2.41. The van der Waals surface area contributed by atoms with Crippen LogP contribution in [0, 0.1) is 12.7 Å². The minimum absolute atomic E-state index is 0.124. The maximum atomic E-state index is 13.8. The molecule has 0 aliphatic rings. The van der Waals surface area contributed by atoms with Crippen molar-refractivity contribution >= 4 is 11.6 Å². The number of pyridine rings is 1. The van der Waals surface area contributed by atoms with Crippen LogP contribution in [-0.2, 0) is 0 Å². The van der Waals surface area contributed by atoms with Gasteiger partial charge < -0.3 is 5.32 Å². The van der Waals surface area contributed by atoms with E-state index in [1.165, 1.54) is 0 Å². The van der Waals surface area contributed by atoms with Crippen LogP contribution in [0.3, 0.4) is 0 Å². The fraction of sp³-hybridized carbons (Fsp3) is 0.312. The molecule has 0 radical (unpaired) electrons. The third kappa shape index (κ3) is 3.35. The predicted octanol–water partition coefficient (Wildman–Crippen LogP) is 4.27. The predicted molar refractivity (Wildman–Crippen MR) is 80.5 cm³/mol. The van der Waals surface area contributed by atoms with Crippen LogP contribution in [0.2, 0.25) is 5.02 Å². The second-order valence-electron chi connectivity index (χ2n) is 4.79. The maximum Gasteiger partial charge on any atom is 0.126 e. The Bertz CT molecular complexity index is 586. The van der Waals surface area contributed by atoms with Crippen LogP contribution >= 0.6 is 11.6 Å². The molecule has 0 aliphatic heterocycles. The Hall–Kier alpha value is -1.45. The highest BCUT2D eigenvalue weighted by atomic mass is 35.5. The summed E-state index contributed by atoms with van der Waals surface area (Å²) in [6, 6.07) is 7.04. The molecule has 0 amide bonds. The summed E-state index contributed by atoms with van der Waals surface area (Å²) < 4.78 is 13.8. The first-order chi connectivity index (χ1) is 9.63. The minimum Gasteiger partial charge on any atom is -0.306 e. The zero-order chi connectivity index (χ0) is 14.5. The number of rotatable bonds is 5. The van der Waals surface area contributed by atoms with Gasteiger partial charge in [-0.2, -0.15) is 0 Å². The largest absolute Gasteiger partial charge is 0.306 e. The molecule has 1 heterocycles. The van der Waals surface area contributed by atoms with Gasteiger partial charge in [0.15, 0.2) is 0 Å². The van der Waals surface area contributed by atoms with Gasteiger partial charge in [-0.05, 0) is 48.7 Å². The second kappa shape index (κ2) is 6.82. The summed E-state index contributed by atoms with van der Waals surface area (Å²) in [7, 11) is 0. The van der Waals surface area contributed by atoms with Gasteiger partial charge in [0.2, 0.25) is 0 Å². The number of benzene rings is 1. The number of nitrogens with one attached hydrogen (secondary N) is 1. The topological polar surface area (TPSA) is 24.9 Å². The van der Waals surface area contributed by atoms with Gasteiger partial charge in [-0.15, -0.1) is 0 Å². The highest BCUT2D eigenvalue weighted by molar-refractivity contribution is 6.31. The summed E-state index contributed by atoms with van der Waals surface area (Å²) >= 11 is 6.22. The van der Waals surface area contributed by atoms with Gasteiger partial charge in [0.25, 0.3) is 0 Å². The maximum absolute atomic E-state index is 13.8. The van der Waals surface area contributed by atoms with Gasteiger partial charge in [-0.25, -0.2) is 4.39 Å². The van der Waals surface area contributed by atoms with Crippen molar-refractivity contribution in [2.75, 3.05) is 6.54 Å². The van der Waals surface area contributed by atoms with Gasteiger partial charge in [-0.1, -0.05) is 30.7 Å². The van der Waals surface area contributed by atoms with E-state index in [1.54, 1.807) is 31.5 Å². The first kappa shape index (κ1) is 14.9. The molecule has 106 valence electrons. The number of aromatic nitrogens is 1. The van der Waals surface area contributed by atoms with Crippen molar-refractivity contribution in [1.82, 2.24) is 10.3 Å². The van der Waals surface area contributed by atoms with E-state index >= 15 is 0 Å². The lowest BCUT2D eigenvalue weighted by molar-refractivity contribution is 0.582. The fourth-order valence-electron chi connectivity index (χ4n) is 2.10. The Kier molecular flexibility index (Phi) is 5.10. The zero-order valence-electron chi connectivity index (χ0n) is 11.7. The lowest BCUT2D eigenvalue weighted by Crippen LogP contribution is -2.23. The monoisotopic (exact) mass is 292 g/mol. The molecule has 20 heavy (non-hydrogen) atoms. The van der Waals surface area contributed by atoms with Crippen LogP contribution in [0.15, 0.2) is 36.7 Å². The Labute approximate surface area is 124 Å². The number of hydrogen-bond donors (Lipinski definition) is 1. The minimum atomic E-state index is -0.198. The highest BCUT2D eigenvalue weighted by Crippen LogP contribution is 2.28.